The van der Waals surface area contributed by atoms with Crippen molar-refractivity contribution in [2.75, 3.05) is 5.32 Å². The average Bonchev–Trinajstić information content (AvgIpc) is 2.32. The second kappa shape index (κ2) is 5.16. The average molecular weight is 282 g/mol. The van der Waals surface area contributed by atoms with Crippen LogP contribution in [0.5, 0.6) is 11.5 Å². The summed E-state index contributed by atoms with van der Waals surface area (Å²) in [5.41, 5.74) is 0.132. The van der Waals surface area contributed by atoms with Crippen LogP contribution in [0.3, 0.4) is 0 Å². The first-order valence-electron chi connectivity index (χ1n) is 5.25. The van der Waals surface area contributed by atoms with Gasteiger partial charge in [0.05, 0.1) is 10.7 Å². The minimum absolute atomic E-state index is 0.0258. The van der Waals surface area contributed by atoms with E-state index in [2.05, 4.69) is 5.32 Å². The predicted molar refractivity (Wildman–Crippen MR) is 69.1 cm³/mol. The molecular formula is C13H9ClFNO3. The van der Waals surface area contributed by atoms with E-state index in [1.54, 1.807) is 0 Å². The summed E-state index contributed by atoms with van der Waals surface area (Å²) in [6.07, 6.45) is 0. The van der Waals surface area contributed by atoms with Crippen LogP contribution in [0, 0.1) is 5.82 Å². The van der Waals surface area contributed by atoms with Crippen molar-refractivity contribution in [1.82, 2.24) is 0 Å². The van der Waals surface area contributed by atoms with E-state index >= 15 is 0 Å². The van der Waals surface area contributed by atoms with Gasteiger partial charge in [-0.3, -0.25) is 4.79 Å². The Labute approximate surface area is 113 Å². The molecule has 6 heteroatoms. The lowest BCUT2D eigenvalue weighted by molar-refractivity contribution is 0.102. The molecule has 2 aromatic rings. The van der Waals surface area contributed by atoms with Gasteiger partial charge in [0.1, 0.15) is 17.3 Å². The quantitative estimate of drug-likeness (QED) is 0.792. The molecule has 0 aliphatic rings. The number of halogens is 2. The van der Waals surface area contributed by atoms with Gasteiger partial charge in [-0.05, 0) is 30.3 Å². The molecule has 0 aliphatic carbocycles. The molecule has 0 unspecified atom stereocenters. The van der Waals surface area contributed by atoms with Crippen molar-refractivity contribution >= 4 is 23.2 Å². The zero-order valence-corrected chi connectivity index (χ0v) is 10.3. The fraction of sp³-hybridized carbons (Fsp3) is 0. The molecule has 0 aromatic heterocycles. The first-order valence-corrected chi connectivity index (χ1v) is 5.63. The first-order chi connectivity index (χ1) is 8.95. The summed E-state index contributed by atoms with van der Waals surface area (Å²) in [4.78, 5) is 11.9. The molecule has 0 saturated carbocycles. The number of phenolic OH excluding ortho intramolecular Hbond substituents is 2. The molecule has 0 saturated heterocycles. The fourth-order valence-electron chi connectivity index (χ4n) is 1.51. The largest absolute Gasteiger partial charge is 0.508 e. The topological polar surface area (TPSA) is 69.6 Å². The molecule has 3 N–H and O–H groups in total. The van der Waals surface area contributed by atoms with Crippen molar-refractivity contribution in [3.63, 3.8) is 0 Å². The molecule has 0 atom stereocenters. The smallest absolute Gasteiger partial charge is 0.255 e. The number of phenols is 2. The molecule has 0 aliphatic heterocycles. The maximum Gasteiger partial charge on any atom is 0.255 e. The lowest BCUT2D eigenvalue weighted by Crippen LogP contribution is -2.12. The molecule has 0 heterocycles. The minimum atomic E-state index is -0.626. The van der Waals surface area contributed by atoms with Crippen LogP contribution in [-0.4, -0.2) is 16.1 Å². The fourth-order valence-corrected chi connectivity index (χ4v) is 1.68. The van der Waals surface area contributed by atoms with E-state index in [4.69, 9.17) is 11.6 Å². The molecule has 0 bridgehead atoms. The standard InChI is InChI=1S/C13H9ClFNO3/c14-11-2-1-8(15)5-12(11)16-13(19)7-3-9(17)6-10(18)4-7/h1-6,17-18H,(H,16,19). The van der Waals surface area contributed by atoms with Crippen LogP contribution >= 0.6 is 11.6 Å². The van der Waals surface area contributed by atoms with Gasteiger partial charge in [0.25, 0.3) is 5.91 Å². The molecule has 19 heavy (non-hydrogen) atoms. The summed E-state index contributed by atoms with van der Waals surface area (Å²) < 4.78 is 13.0. The number of rotatable bonds is 2. The third-order valence-electron chi connectivity index (χ3n) is 2.34. The molecule has 98 valence electrons. The number of amides is 1. The normalized spacial score (nSPS) is 10.2. The Kier molecular flexibility index (Phi) is 3.57. The van der Waals surface area contributed by atoms with Crippen LogP contribution in [0.4, 0.5) is 10.1 Å². The molecule has 1 amide bonds. The van der Waals surface area contributed by atoms with Crippen molar-refractivity contribution in [3.05, 3.63) is 52.8 Å². The number of nitrogens with one attached hydrogen (secondary N) is 1. The molecule has 2 aromatic carbocycles. The minimum Gasteiger partial charge on any atom is -0.508 e. The van der Waals surface area contributed by atoms with Gasteiger partial charge in [-0.1, -0.05) is 11.6 Å². The number of benzene rings is 2. The van der Waals surface area contributed by atoms with Gasteiger partial charge in [0.15, 0.2) is 0 Å². The van der Waals surface area contributed by atoms with Crippen molar-refractivity contribution in [1.29, 1.82) is 0 Å². The number of hydrogen-bond acceptors (Lipinski definition) is 3. The Bertz CT molecular complexity index is 626. The number of aromatic hydroxyl groups is 2. The van der Waals surface area contributed by atoms with Gasteiger partial charge in [-0.15, -0.1) is 0 Å². The highest BCUT2D eigenvalue weighted by Crippen LogP contribution is 2.25. The highest BCUT2D eigenvalue weighted by atomic mass is 35.5. The second-order valence-corrected chi connectivity index (χ2v) is 4.22. The van der Waals surface area contributed by atoms with Gasteiger partial charge in [-0.2, -0.15) is 0 Å². The number of carbonyl (C=O) groups excluding carboxylic acids is 1. The van der Waals surface area contributed by atoms with E-state index in [-0.39, 0.29) is 27.8 Å². The zero-order valence-electron chi connectivity index (χ0n) is 9.52. The summed E-state index contributed by atoms with van der Waals surface area (Å²) in [6, 6.07) is 6.98. The molecule has 2 rings (SSSR count). The molecule has 0 radical (unpaired) electrons. The number of hydrogen-bond donors (Lipinski definition) is 3. The highest BCUT2D eigenvalue weighted by molar-refractivity contribution is 6.33. The summed E-state index contributed by atoms with van der Waals surface area (Å²) >= 11 is 5.81. The van der Waals surface area contributed by atoms with Crippen molar-refractivity contribution < 1.29 is 19.4 Å². The Hall–Kier alpha value is -2.27. The van der Waals surface area contributed by atoms with E-state index in [1.807, 2.05) is 0 Å². The third kappa shape index (κ3) is 3.14. The SMILES string of the molecule is O=C(Nc1cc(F)ccc1Cl)c1cc(O)cc(O)c1. The summed E-state index contributed by atoms with van der Waals surface area (Å²) in [7, 11) is 0. The zero-order chi connectivity index (χ0) is 14.0. The Morgan fingerprint density at radius 3 is 2.37 bits per heavy atom. The van der Waals surface area contributed by atoms with Crippen LogP contribution in [0.1, 0.15) is 10.4 Å². The van der Waals surface area contributed by atoms with Crippen LogP contribution in [0.15, 0.2) is 36.4 Å². The Morgan fingerprint density at radius 2 is 1.74 bits per heavy atom. The highest BCUT2D eigenvalue weighted by Gasteiger charge is 2.11. The van der Waals surface area contributed by atoms with Crippen molar-refractivity contribution in [2.24, 2.45) is 0 Å². The third-order valence-corrected chi connectivity index (χ3v) is 2.67. The van der Waals surface area contributed by atoms with Crippen LogP contribution < -0.4 is 5.32 Å². The van der Waals surface area contributed by atoms with E-state index in [0.29, 0.717) is 0 Å². The predicted octanol–water partition coefficient (Wildman–Crippen LogP) is 3.14. The van der Waals surface area contributed by atoms with E-state index < -0.39 is 11.7 Å². The van der Waals surface area contributed by atoms with Crippen molar-refractivity contribution in [3.8, 4) is 11.5 Å². The number of carbonyl (C=O) groups is 1. The Morgan fingerprint density at radius 1 is 1.11 bits per heavy atom. The maximum absolute atomic E-state index is 13.0. The summed E-state index contributed by atoms with van der Waals surface area (Å²) in [5.74, 6) is -1.68. The van der Waals surface area contributed by atoms with Crippen LogP contribution in [-0.2, 0) is 0 Å². The maximum atomic E-state index is 13.0. The first kappa shape index (κ1) is 13.2. The van der Waals surface area contributed by atoms with E-state index in [1.165, 1.54) is 18.2 Å². The molecule has 0 fully saturated rings. The molecular weight excluding hydrogens is 273 g/mol. The van der Waals surface area contributed by atoms with E-state index in [9.17, 15) is 19.4 Å². The second-order valence-electron chi connectivity index (χ2n) is 3.82. The Balaban J connectivity index is 2.28. The number of anilines is 1. The van der Waals surface area contributed by atoms with Gasteiger partial charge in [0, 0.05) is 11.6 Å². The van der Waals surface area contributed by atoms with Gasteiger partial charge >= 0.3 is 0 Å². The molecule has 0 spiro atoms. The lowest BCUT2D eigenvalue weighted by atomic mass is 10.2. The monoisotopic (exact) mass is 281 g/mol. The van der Waals surface area contributed by atoms with Gasteiger partial charge in [-0.25, -0.2) is 4.39 Å². The van der Waals surface area contributed by atoms with Crippen LogP contribution in [0.2, 0.25) is 5.02 Å². The van der Waals surface area contributed by atoms with Gasteiger partial charge < -0.3 is 15.5 Å². The van der Waals surface area contributed by atoms with Crippen molar-refractivity contribution in [2.45, 2.75) is 0 Å². The lowest BCUT2D eigenvalue weighted by Gasteiger charge is -2.08. The van der Waals surface area contributed by atoms with Gasteiger partial charge in [0.2, 0.25) is 0 Å². The summed E-state index contributed by atoms with van der Waals surface area (Å²) in [5, 5.41) is 21.1. The van der Waals surface area contributed by atoms with E-state index in [0.717, 1.165) is 18.2 Å². The molecule has 4 nitrogen and oxygen atoms in total. The van der Waals surface area contributed by atoms with Crippen LogP contribution in [0.25, 0.3) is 0 Å². The summed E-state index contributed by atoms with van der Waals surface area (Å²) in [6.45, 7) is 0.